The third kappa shape index (κ3) is 3.43. The summed E-state index contributed by atoms with van der Waals surface area (Å²) in [4.78, 5) is 45.9. The maximum atomic E-state index is 14.1. The number of carbonyl (C=O) groups is 3. The molecule has 33 heavy (non-hydrogen) atoms. The molecule has 1 atom stereocenters. The van der Waals surface area contributed by atoms with Gasteiger partial charge < -0.3 is 19.8 Å². The zero-order valence-corrected chi connectivity index (χ0v) is 19.2. The van der Waals surface area contributed by atoms with Crippen LogP contribution in [0.2, 0.25) is 0 Å². The van der Waals surface area contributed by atoms with Crippen LogP contribution >= 0.6 is 0 Å². The van der Waals surface area contributed by atoms with Crippen molar-refractivity contribution in [1.29, 1.82) is 0 Å². The molecular formula is C26H29N3O4. The van der Waals surface area contributed by atoms with Gasteiger partial charge in [0.15, 0.2) is 5.54 Å². The second-order valence-electron chi connectivity index (χ2n) is 8.72. The number of aliphatic hydroxyl groups is 1. The Kier molecular flexibility index (Phi) is 6.08. The van der Waals surface area contributed by atoms with Crippen LogP contribution in [0.5, 0.6) is 0 Å². The predicted molar refractivity (Wildman–Crippen MR) is 127 cm³/mol. The average molecular weight is 448 g/mol. The molecule has 2 aliphatic heterocycles. The van der Waals surface area contributed by atoms with Crippen LogP contribution in [0.4, 0.5) is 5.69 Å². The largest absolute Gasteiger partial charge is 0.507 e. The number of carbonyl (C=O) groups excluding carboxylic acids is 3. The van der Waals surface area contributed by atoms with Crippen LogP contribution in [-0.4, -0.2) is 66.2 Å². The van der Waals surface area contributed by atoms with Gasteiger partial charge >= 0.3 is 0 Å². The Labute approximate surface area is 193 Å². The Morgan fingerprint density at radius 2 is 1.64 bits per heavy atom. The van der Waals surface area contributed by atoms with E-state index in [1.54, 1.807) is 47.4 Å². The maximum absolute atomic E-state index is 14.1. The van der Waals surface area contributed by atoms with Crippen LogP contribution in [0.15, 0.2) is 60.2 Å². The van der Waals surface area contributed by atoms with E-state index in [4.69, 9.17) is 0 Å². The number of Topliss-reactive ketones (excluding diaryl/α,β-unsaturated/α-hetero) is 1. The minimum Gasteiger partial charge on any atom is -0.507 e. The van der Waals surface area contributed by atoms with Gasteiger partial charge in [0.1, 0.15) is 5.76 Å². The quantitative estimate of drug-likeness (QED) is 0.401. The van der Waals surface area contributed by atoms with Gasteiger partial charge in [-0.1, -0.05) is 55.5 Å². The van der Waals surface area contributed by atoms with E-state index in [1.165, 1.54) is 4.90 Å². The zero-order valence-electron chi connectivity index (χ0n) is 19.2. The molecule has 2 aliphatic rings. The molecule has 2 amide bonds. The smallest absolute Gasteiger partial charge is 0.296 e. The number of benzene rings is 2. The highest BCUT2D eigenvalue weighted by Gasteiger charge is 2.66. The first kappa shape index (κ1) is 22.7. The van der Waals surface area contributed by atoms with Crippen molar-refractivity contribution in [3.63, 3.8) is 0 Å². The van der Waals surface area contributed by atoms with Gasteiger partial charge in [0.2, 0.25) is 0 Å². The summed E-state index contributed by atoms with van der Waals surface area (Å²) < 4.78 is 0. The minimum absolute atomic E-state index is 0.153. The van der Waals surface area contributed by atoms with Crippen LogP contribution in [0, 0.1) is 0 Å². The fourth-order valence-corrected chi connectivity index (χ4v) is 4.90. The number of hydrogen-bond donors (Lipinski definition) is 1. The Balaban J connectivity index is 1.99. The molecule has 1 saturated heterocycles. The van der Waals surface area contributed by atoms with Gasteiger partial charge in [0, 0.05) is 24.2 Å². The molecule has 4 rings (SSSR count). The van der Waals surface area contributed by atoms with Gasteiger partial charge in [-0.05, 0) is 39.5 Å². The molecule has 2 aromatic rings. The fourth-order valence-electron chi connectivity index (χ4n) is 4.90. The molecule has 1 unspecified atom stereocenters. The molecule has 1 N–H and O–H groups in total. The van der Waals surface area contributed by atoms with Crippen molar-refractivity contribution in [1.82, 2.24) is 9.80 Å². The highest BCUT2D eigenvalue weighted by atomic mass is 16.3. The van der Waals surface area contributed by atoms with Gasteiger partial charge in [-0.2, -0.15) is 0 Å². The second kappa shape index (κ2) is 8.83. The number of hydrogen-bond acceptors (Lipinski definition) is 5. The van der Waals surface area contributed by atoms with Gasteiger partial charge in [0.25, 0.3) is 17.6 Å². The van der Waals surface area contributed by atoms with Gasteiger partial charge in [0.05, 0.1) is 11.3 Å². The van der Waals surface area contributed by atoms with Gasteiger partial charge in [-0.25, -0.2) is 0 Å². The molecule has 2 heterocycles. The molecule has 0 aliphatic carbocycles. The summed E-state index contributed by atoms with van der Waals surface area (Å²) in [5, 5.41) is 11.3. The number of rotatable bonds is 7. The molecule has 0 saturated carbocycles. The summed E-state index contributed by atoms with van der Waals surface area (Å²) in [6.07, 6.45) is 1.29. The second-order valence-corrected chi connectivity index (χ2v) is 8.72. The van der Waals surface area contributed by atoms with Crippen molar-refractivity contribution < 1.29 is 19.5 Å². The number of aliphatic hydroxyl groups excluding tert-OH is 1. The molecule has 7 heteroatoms. The highest BCUT2D eigenvalue weighted by Crippen LogP contribution is 2.53. The van der Waals surface area contributed by atoms with E-state index in [9.17, 15) is 19.5 Å². The number of para-hydroxylation sites is 1. The number of amides is 2. The number of ketones is 1. The van der Waals surface area contributed by atoms with Gasteiger partial charge in [-0.3, -0.25) is 14.4 Å². The molecule has 1 spiro atoms. The first-order valence-electron chi connectivity index (χ1n) is 11.3. The van der Waals surface area contributed by atoms with Gasteiger partial charge in [-0.15, -0.1) is 0 Å². The highest BCUT2D eigenvalue weighted by molar-refractivity contribution is 6.50. The molecule has 0 radical (unpaired) electrons. The van der Waals surface area contributed by atoms with Crippen LogP contribution in [0.25, 0.3) is 5.76 Å². The van der Waals surface area contributed by atoms with E-state index in [0.717, 1.165) is 0 Å². The Morgan fingerprint density at radius 3 is 2.30 bits per heavy atom. The summed E-state index contributed by atoms with van der Waals surface area (Å²) >= 11 is 0. The first-order chi connectivity index (χ1) is 15.9. The Hall–Kier alpha value is -3.45. The van der Waals surface area contributed by atoms with Crippen LogP contribution < -0.4 is 4.90 Å². The van der Waals surface area contributed by atoms with E-state index in [2.05, 4.69) is 0 Å². The van der Waals surface area contributed by atoms with E-state index in [1.807, 2.05) is 38.1 Å². The monoisotopic (exact) mass is 447 g/mol. The van der Waals surface area contributed by atoms with Crippen LogP contribution in [0.3, 0.4) is 0 Å². The van der Waals surface area contributed by atoms with Crippen molar-refractivity contribution >= 4 is 29.0 Å². The predicted octanol–water partition coefficient (Wildman–Crippen LogP) is 2.97. The lowest BCUT2D eigenvalue weighted by Gasteiger charge is -2.34. The van der Waals surface area contributed by atoms with Crippen molar-refractivity contribution in [3.05, 3.63) is 71.3 Å². The Morgan fingerprint density at radius 1 is 0.970 bits per heavy atom. The fraction of sp³-hybridized carbons (Fsp3) is 0.346. The standard InChI is InChI=1S/C26H29N3O4/c1-4-15-28-20-14-9-8-13-19(20)26(25(28)33)21(22(30)18-11-6-5-7-12-18)23(31)24(32)29(26)17-10-16-27(2)3/h5-9,11-14,30H,4,10,15-17H2,1-3H3. The molecule has 0 aromatic heterocycles. The number of likely N-dealkylation sites (tertiary alicyclic amines) is 1. The van der Waals surface area contributed by atoms with E-state index >= 15 is 0 Å². The normalized spacial score (nSPS) is 21.5. The molecule has 2 aromatic carbocycles. The summed E-state index contributed by atoms with van der Waals surface area (Å²) in [5.74, 6) is -2.28. The zero-order chi connectivity index (χ0) is 23.8. The van der Waals surface area contributed by atoms with Crippen molar-refractivity contribution in [2.24, 2.45) is 0 Å². The van der Waals surface area contributed by atoms with E-state index in [0.29, 0.717) is 42.7 Å². The van der Waals surface area contributed by atoms with Crippen molar-refractivity contribution in [2.75, 3.05) is 38.6 Å². The van der Waals surface area contributed by atoms with Crippen LogP contribution in [-0.2, 0) is 19.9 Å². The molecule has 1 fully saturated rings. The summed E-state index contributed by atoms with van der Waals surface area (Å²) in [6, 6.07) is 15.9. The minimum atomic E-state index is -1.67. The summed E-state index contributed by atoms with van der Waals surface area (Å²) in [6.45, 7) is 3.32. The number of fused-ring (bicyclic) bond motifs is 2. The third-order valence-electron chi connectivity index (χ3n) is 6.29. The average Bonchev–Trinajstić information content (AvgIpc) is 3.18. The number of nitrogens with zero attached hydrogens (tertiary/aromatic N) is 3. The SMILES string of the molecule is CCCN1C(=O)C2(C(=C(O)c3ccccc3)C(=O)C(=O)N2CCCN(C)C)c2ccccc21. The van der Waals surface area contributed by atoms with E-state index in [-0.39, 0.29) is 23.8 Å². The summed E-state index contributed by atoms with van der Waals surface area (Å²) in [7, 11) is 3.86. The van der Waals surface area contributed by atoms with Crippen molar-refractivity contribution in [2.45, 2.75) is 25.3 Å². The third-order valence-corrected chi connectivity index (χ3v) is 6.29. The molecular weight excluding hydrogens is 418 g/mol. The maximum Gasteiger partial charge on any atom is 0.296 e. The molecule has 172 valence electrons. The van der Waals surface area contributed by atoms with E-state index < -0.39 is 17.2 Å². The lowest BCUT2D eigenvalue weighted by atomic mass is 9.82. The Bertz CT molecular complexity index is 1130. The van der Waals surface area contributed by atoms with Crippen LogP contribution in [0.1, 0.15) is 30.9 Å². The molecule has 0 bridgehead atoms. The lowest BCUT2D eigenvalue weighted by Crippen LogP contribution is -2.52. The lowest BCUT2D eigenvalue weighted by molar-refractivity contribution is -0.143. The van der Waals surface area contributed by atoms with Crippen molar-refractivity contribution in [3.8, 4) is 0 Å². The topological polar surface area (TPSA) is 81.2 Å². The summed E-state index contributed by atoms with van der Waals surface area (Å²) in [5.41, 5.74) is -0.207. The first-order valence-corrected chi connectivity index (χ1v) is 11.3. The molecule has 7 nitrogen and oxygen atoms in total. The number of anilines is 1.